The summed E-state index contributed by atoms with van der Waals surface area (Å²) in [7, 11) is 4.44. The lowest BCUT2D eigenvalue weighted by Crippen LogP contribution is -2.26. The van der Waals surface area contributed by atoms with Gasteiger partial charge in [-0.05, 0) is 159 Å². The van der Waals surface area contributed by atoms with Crippen molar-refractivity contribution in [2.45, 2.75) is 60.0 Å². The van der Waals surface area contributed by atoms with Crippen LogP contribution in [0.4, 0.5) is 11.4 Å². The lowest BCUT2D eigenvalue weighted by atomic mass is 9.95. The average Bonchev–Trinajstić information content (AvgIpc) is 3.45. The van der Waals surface area contributed by atoms with Gasteiger partial charge in [0.25, 0.3) is 0 Å². The van der Waals surface area contributed by atoms with Gasteiger partial charge in [0.1, 0.15) is 0 Å². The fraction of sp³-hybridized carbons (Fsp3) is 0.355. The normalized spacial score (nSPS) is 22.1. The topological polar surface area (TPSA) is 6.48 Å². The zero-order chi connectivity index (χ0) is 25.1. The zero-order valence-electron chi connectivity index (χ0n) is 21.8. The number of halogens is 2. The minimum atomic E-state index is 0.428. The molecule has 2 atom stereocenters. The van der Waals surface area contributed by atoms with E-state index in [0.717, 1.165) is 6.42 Å². The maximum absolute atomic E-state index is 4.01. The van der Waals surface area contributed by atoms with Crippen molar-refractivity contribution in [3.63, 3.8) is 0 Å². The summed E-state index contributed by atoms with van der Waals surface area (Å²) in [5.74, 6) is 0. The fourth-order valence-corrected chi connectivity index (χ4v) is 8.17. The predicted molar refractivity (Wildman–Crippen MR) is 159 cm³/mol. The summed E-state index contributed by atoms with van der Waals surface area (Å²) in [6.45, 7) is 13.7. The summed E-state index contributed by atoms with van der Waals surface area (Å²) >= 11 is 8.02. The molecule has 0 bridgehead atoms. The highest BCUT2D eigenvalue weighted by Crippen LogP contribution is 2.37. The van der Waals surface area contributed by atoms with E-state index in [0.29, 0.717) is 12.1 Å². The van der Waals surface area contributed by atoms with Crippen LogP contribution < -0.4 is 30.7 Å². The van der Waals surface area contributed by atoms with Crippen LogP contribution in [0, 0.1) is 0 Å². The van der Waals surface area contributed by atoms with Crippen molar-refractivity contribution in [2.24, 2.45) is 0 Å². The summed E-state index contributed by atoms with van der Waals surface area (Å²) in [6.07, 6.45) is 5.71. The first-order chi connectivity index (χ1) is 16.5. The molecular weight excluding hydrogens is 560 g/mol. The second-order valence-corrected chi connectivity index (χ2v) is 12.4. The van der Waals surface area contributed by atoms with Gasteiger partial charge in [-0.2, -0.15) is 0 Å². The van der Waals surface area contributed by atoms with Crippen molar-refractivity contribution in [1.29, 1.82) is 0 Å². The monoisotopic (exact) mass is 590 g/mol. The van der Waals surface area contributed by atoms with Gasteiger partial charge in [-0.1, -0.05) is 0 Å². The third-order valence-electron chi connectivity index (χ3n) is 9.21. The van der Waals surface area contributed by atoms with E-state index in [9.17, 15) is 0 Å². The minimum absolute atomic E-state index is 0.428. The van der Waals surface area contributed by atoms with E-state index in [1.54, 1.807) is 0 Å². The Balaban J connectivity index is 1.60. The van der Waals surface area contributed by atoms with Crippen LogP contribution >= 0.6 is 31.9 Å². The molecular formula is C31H32Br2N2. The predicted octanol–water partition coefficient (Wildman–Crippen LogP) is 5.45. The molecule has 0 aromatic heterocycles. The van der Waals surface area contributed by atoms with Gasteiger partial charge in [-0.3, -0.25) is 0 Å². The van der Waals surface area contributed by atoms with Gasteiger partial charge in [0, 0.05) is 56.9 Å². The number of benzene rings is 2. The van der Waals surface area contributed by atoms with Crippen molar-refractivity contribution < 1.29 is 0 Å². The van der Waals surface area contributed by atoms with Crippen molar-refractivity contribution in [1.82, 2.24) is 0 Å². The Morgan fingerprint density at radius 3 is 1.43 bits per heavy atom. The molecule has 4 heteroatoms. The molecule has 35 heavy (non-hydrogen) atoms. The van der Waals surface area contributed by atoms with Crippen LogP contribution in [0.15, 0.2) is 32.2 Å². The average molecular weight is 592 g/mol. The molecule has 2 aliphatic carbocycles. The van der Waals surface area contributed by atoms with E-state index < -0.39 is 0 Å². The number of hydrogen-bond donors (Lipinski definition) is 0. The summed E-state index contributed by atoms with van der Waals surface area (Å²) in [6, 6.07) is 5.73. The third kappa shape index (κ3) is 2.99. The summed E-state index contributed by atoms with van der Waals surface area (Å²) < 4.78 is 2.50. The van der Waals surface area contributed by atoms with Gasteiger partial charge >= 0.3 is 0 Å². The summed E-state index contributed by atoms with van der Waals surface area (Å²) in [5, 5.41) is 5.51. The van der Waals surface area contributed by atoms with E-state index in [4.69, 9.17) is 0 Å². The molecule has 180 valence electrons. The van der Waals surface area contributed by atoms with Crippen LogP contribution in [0.25, 0.3) is 34.4 Å². The third-order valence-corrected chi connectivity index (χ3v) is 10.9. The number of allylic oxidation sites excluding steroid dienone is 2. The maximum Gasteiger partial charge on any atom is 0.0478 e. The molecule has 2 aromatic carbocycles. The number of anilines is 2. The quantitative estimate of drug-likeness (QED) is 0.458. The molecule has 0 N–H and O–H groups in total. The Bertz CT molecular complexity index is 1560. The SMILES string of the molecule is CC1=Cc2c(Br)c3c(cc2=C1CC1=c2cc4c(c(Br)c2C=C1C)=C(C)C(C)N4C)N(C)C(C)C=3C. The van der Waals surface area contributed by atoms with Crippen LogP contribution in [0.3, 0.4) is 0 Å². The Morgan fingerprint density at radius 2 is 1.06 bits per heavy atom. The number of hydrogen-bond acceptors (Lipinski definition) is 2. The van der Waals surface area contributed by atoms with E-state index in [2.05, 4.69) is 122 Å². The van der Waals surface area contributed by atoms with Crippen molar-refractivity contribution in [2.75, 3.05) is 23.9 Å². The highest BCUT2D eigenvalue weighted by Gasteiger charge is 2.29. The number of fused-ring (bicyclic) bond motifs is 4. The molecule has 0 spiro atoms. The van der Waals surface area contributed by atoms with Gasteiger partial charge in [0.05, 0.1) is 0 Å². The smallest absolute Gasteiger partial charge is 0.0478 e. The summed E-state index contributed by atoms with van der Waals surface area (Å²) in [4.78, 5) is 4.83. The highest BCUT2D eigenvalue weighted by atomic mass is 79.9. The van der Waals surface area contributed by atoms with E-state index >= 15 is 0 Å². The molecule has 0 saturated carbocycles. The highest BCUT2D eigenvalue weighted by molar-refractivity contribution is 9.10. The Hall–Kier alpha value is -2.04. The Morgan fingerprint density at radius 1 is 0.686 bits per heavy atom. The molecule has 0 saturated heterocycles. The number of nitrogens with zero attached hydrogens (tertiary/aromatic N) is 2. The van der Waals surface area contributed by atoms with Gasteiger partial charge < -0.3 is 9.80 Å². The molecule has 6 rings (SSSR count). The second-order valence-electron chi connectivity index (χ2n) is 10.8. The lowest BCUT2D eigenvalue weighted by Gasteiger charge is -2.21. The van der Waals surface area contributed by atoms with Crippen LogP contribution in [0.1, 0.15) is 59.1 Å². The number of rotatable bonds is 2. The Kier molecular flexibility index (Phi) is 5.16. The fourth-order valence-electron chi connectivity index (χ4n) is 6.49. The molecule has 2 nitrogen and oxygen atoms in total. The molecule has 0 amide bonds. The molecule has 2 heterocycles. The molecule has 4 aliphatic rings. The molecule has 2 unspecified atom stereocenters. The van der Waals surface area contributed by atoms with Crippen LogP contribution in [-0.4, -0.2) is 26.2 Å². The molecule has 2 aliphatic heterocycles. The first-order valence-corrected chi connectivity index (χ1v) is 14.1. The minimum Gasteiger partial charge on any atom is -0.368 e. The maximum atomic E-state index is 4.01. The van der Waals surface area contributed by atoms with Gasteiger partial charge in [0.15, 0.2) is 0 Å². The van der Waals surface area contributed by atoms with Crippen LogP contribution in [-0.2, 0) is 0 Å². The van der Waals surface area contributed by atoms with E-state index in [1.807, 2.05) is 0 Å². The lowest BCUT2D eigenvalue weighted by molar-refractivity contribution is 0.856. The van der Waals surface area contributed by atoms with E-state index in [1.165, 1.54) is 85.8 Å². The zero-order valence-corrected chi connectivity index (χ0v) is 25.0. The second kappa shape index (κ2) is 7.73. The summed E-state index contributed by atoms with van der Waals surface area (Å²) in [5.41, 5.74) is 13.9. The van der Waals surface area contributed by atoms with Crippen molar-refractivity contribution in [3.05, 3.63) is 64.2 Å². The van der Waals surface area contributed by atoms with Gasteiger partial charge in [-0.25, -0.2) is 0 Å². The largest absolute Gasteiger partial charge is 0.368 e. The van der Waals surface area contributed by atoms with Crippen molar-refractivity contribution >= 4 is 77.7 Å². The molecule has 0 fully saturated rings. The van der Waals surface area contributed by atoms with Crippen LogP contribution in [0.5, 0.6) is 0 Å². The van der Waals surface area contributed by atoms with Crippen molar-refractivity contribution in [3.8, 4) is 0 Å². The van der Waals surface area contributed by atoms with E-state index in [-0.39, 0.29) is 0 Å². The molecule has 0 radical (unpaired) electrons. The van der Waals surface area contributed by atoms with Crippen LogP contribution in [0.2, 0.25) is 0 Å². The molecule has 2 aromatic rings. The van der Waals surface area contributed by atoms with Gasteiger partial charge in [0.2, 0.25) is 0 Å². The van der Waals surface area contributed by atoms with Gasteiger partial charge in [-0.15, -0.1) is 0 Å². The standard InChI is InChI=1S/C31H32Br2N2/c1-14-9-24-22(12-26-28(30(24)32)16(3)18(5)34(26)7)20(14)11-21-15(2)10-25-23(21)13-27-29(31(25)33)17(4)19(6)35(27)8/h9-10,12-13,18-19H,11H2,1-8H3. The Labute approximate surface area is 225 Å². The first-order valence-electron chi connectivity index (χ1n) is 12.5. The first kappa shape index (κ1) is 23.4.